The first-order chi connectivity index (χ1) is 9.92. The van der Waals surface area contributed by atoms with Gasteiger partial charge in [-0.25, -0.2) is 9.59 Å². The van der Waals surface area contributed by atoms with Gasteiger partial charge in [-0.3, -0.25) is 10.1 Å². The van der Waals surface area contributed by atoms with Gasteiger partial charge in [0, 0.05) is 5.02 Å². The number of anilines is 1. The number of carboxylic acids is 1. The average molecular weight is 312 g/mol. The number of nitriles is 1. The average Bonchev–Trinajstić information content (AvgIpc) is 2.38. The highest BCUT2D eigenvalue weighted by molar-refractivity contribution is 6.31. The van der Waals surface area contributed by atoms with Crippen LogP contribution >= 0.6 is 11.6 Å². The van der Waals surface area contributed by atoms with Crippen LogP contribution in [-0.2, 0) is 14.3 Å². The highest BCUT2D eigenvalue weighted by Gasteiger charge is 2.11. The lowest BCUT2D eigenvalue weighted by Crippen LogP contribution is -2.37. The number of hydrogen-bond acceptors (Lipinski definition) is 5. The van der Waals surface area contributed by atoms with Crippen LogP contribution in [0.4, 0.5) is 10.5 Å². The van der Waals surface area contributed by atoms with Crippen molar-refractivity contribution in [1.29, 1.82) is 5.26 Å². The first-order valence-corrected chi connectivity index (χ1v) is 5.90. The van der Waals surface area contributed by atoms with Crippen molar-refractivity contribution in [2.45, 2.75) is 0 Å². The van der Waals surface area contributed by atoms with Crippen LogP contribution in [0.2, 0.25) is 5.02 Å². The Morgan fingerprint density at radius 1 is 1.33 bits per heavy atom. The number of benzene rings is 1. The Balaban J connectivity index is 2.54. The number of rotatable bonds is 5. The number of ether oxygens (including phenoxy) is 1. The summed E-state index contributed by atoms with van der Waals surface area (Å²) >= 11 is 5.74. The summed E-state index contributed by atoms with van der Waals surface area (Å²) in [6, 6.07) is 5.21. The van der Waals surface area contributed by atoms with Crippen LogP contribution in [0.5, 0.6) is 0 Å². The molecular weight excluding hydrogens is 302 g/mol. The number of aliphatic carboxylic acids is 1. The van der Waals surface area contributed by atoms with Gasteiger partial charge in [-0.05, 0) is 18.2 Å². The van der Waals surface area contributed by atoms with Crippen molar-refractivity contribution in [2.75, 3.05) is 18.5 Å². The molecule has 3 N–H and O–H groups in total. The number of halogens is 1. The number of carbonyl (C=O) groups excluding carboxylic acids is 2. The van der Waals surface area contributed by atoms with E-state index in [4.69, 9.17) is 22.0 Å². The van der Waals surface area contributed by atoms with Gasteiger partial charge in [0.1, 0.15) is 19.3 Å². The maximum Gasteiger partial charge on any atom is 0.329 e. The predicted octanol–water partition coefficient (Wildman–Crippen LogP) is 0.961. The molecule has 0 aliphatic rings. The molecule has 0 saturated carbocycles. The second kappa shape index (κ2) is 7.84. The Morgan fingerprint density at radius 3 is 2.67 bits per heavy atom. The van der Waals surface area contributed by atoms with Crippen LogP contribution in [-0.4, -0.2) is 36.2 Å². The normalized spacial score (nSPS) is 9.52. The third-order valence-corrected chi connectivity index (χ3v) is 2.30. The van der Waals surface area contributed by atoms with Crippen molar-refractivity contribution in [3.8, 4) is 6.07 Å². The van der Waals surface area contributed by atoms with Crippen LogP contribution in [0.25, 0.3) is 0 Å². The first kappa shape index (κ1) is 16.4. The third kappa shape index (κ3) is 5.90. The molecule has 0 bridgehead atoms. The first-order valence-electron chi connectivity index (χ1n) is 5.52. The Bertz CT molecular complexity index is 611. The standard InChI is InChI=1S/C12H10ClN3O5/c13-8-2-1-7(4-14)9(3-8)15-12(20)16-10(17)5-21-6-11(18)19/h1-3H,5-6H2,(H,18,19)(H2,15,16,17,20). The smallest absolute Gasteiger partial charge is 0.329 e. The zero-order valence-electron chi connectivity index (χ0n) is 10.6. The van der Waals surface area contributed by atoms with Crippen molar-refractivity contribution in [1.82, 2.24) is 5.32 Å². The minimum Gasteiger partial charge on any atom is -0.480 e. The molecule has 1 rings (SSSR count). The number of urea groups is 1. The summed E-state index contributed by atoms with van der Waals surface area (Å²) in [5.74, 6) is -2.06. The van der Waals surface area contributed by atoms with Crippen molar-refractivity contribution in [2.24, 2.45) is 0 Å². The molecule has 0 fully saturated rings. The maximum atomic E-state index is 11.5. The quantitative estimate of drug-likeness (QED) is 0.743. The molecule has 0 aliphatic carbocycles. The molecule has 0 aromatic heterocycles. The minimum absolute atomic E-state index is 0.141. The SMILES string of the molecule is N#Cc1ccc(Cl)cc1NC(=O)NC(=O)COCC(=O)O. The van der Waals surface area contributed by atoms with Gasteiger partial charge >= 0.3 is 12.0 Å². The topological polar surface area (TPSA) is 129 Å². The monoisotopic (exact) mass is 311 g/mol. The highest BCUT2D eigenvalue weighted by atomic mass is 35.5. The van der Waals surface area contributed by atoms with Crippen molar-refractivity contribution >= 4 is 35.2 Å². The summed E-state index contributed by atoms with van der Waals surface area (Å²) in [6.07, 6.45) is 0. The molecule has 1 aromatic carbocycles. The number of nitrogens with one attached hydrogen (secondary N) is 2. The van der Waals surface area contributed by atoms with Crippen LogP contribution in [0.3, 0.4) is 0 Å². The molecular formula is C12H10ClN3O5. The van der Waals surface area contributed by atoms with E-state index in [1.807, 2.05) is 11.4 Å². The summed E-state index contributed by atoms with van der Waals surface area (Å²) in [5.41, 5.74) is 0.311. The summed E-state index contributed by atoms with van der Waals surface area (Å²) < 4.78 is 4.51. The molecule has 0 saturated heterocycles. The van der Waals surface area contributed by atoms with Gasteiger partial charge in [0.2, 0.25) is 0 Å². The number of carbonyl (C=O) groups is 3. The van der Waals surface area contributed by atoms with E-state index in [-0.39, 0.29) is 11.3 Å². The highest BCUT2D eigenvalue weighted by Crippen LogP contribution is 2.20. The number of carboxylic acid groups (broad SMARTS) is 1. The molecule has 1 aromatic rings. The van der Waals surface area contributed by atoms with E-state index in [2.05, 4.69) is 10.1 Å². The van der Waals surface area contributed by atoms with Gasteiger partial charge in [0.25, 0.3) is 5.91 Å². The van der Waals surface area contributed by atoms with Gasteiger partial charge < -0.3 is 15.2 Å². The molecule has 0 unspecified atom stereocenters. The Kier molecular flexibility index (Phi) is 6.13. The van der Waals surface area contributed by atoms with Gasteiger partial charge in [0.05, 0.1) is 11.3 Å². The minimum atomic E-state index is -1.23. The largest absolute Gasteiger partial charge is 0.480 e. The molecule has 3 amide bonds. The zero-order valence-corrected chi connectivity index (χ0v) is 11.3. The van der Waals surface area contributed by atoms with Gasteiger partial charge in [-0.1, -0.05) is 11.6 Å². The second-order valence-corrected chi connectivity index (χ2v) is 4.13. The molecule has 0 radical (unpaired) electrons. The Labute approximate surface area is 124 Å². The molecule has 0 aliphatic heterocycles. The summed E-state index contributed by atoms with van der Waals surface area (Å²) in [4.78, 5) is 33.0. The van der Waals surface area contributed by atoms with E-state index in [0.29, 0.717) is 5.02 Å². The van der Waals surface area contributed by atoms with Crippen LogP contribution in [0, 0.1) is 11.3 Å². The maximum absolute atomic E-state index is 11.5. The van der Waals surface area contributed by atoms with E-state index in [9.17, 15) is 14.4 Å². The summed E-state index contributed by atoms with van der Waals surface area (Å²) in [6.45, 7) is -1.23. The second-order valence-electron chi connectivity index (χ2n) is 3.69. The molecule has 9 heteroatoms. The molecule has 21 heavy (non-hydrogen) atoms. The fourth-order valence-electron chi connectivity index (χ4n) is 1.26. The van der Waals surface area contributed by atoms with Gasteiger partial charge in [-0.15, -0.1) is 0 Å². The Hall–Kier alpha value is -2.63. The fraction of sp³-hybridized carbons (Fsp3) is 0.167. The molecule has 110 valence electrons. The van der Waals surface area contributed by atoms with E-state index in [0.717, 1.165) is 0 Å². The summed E-state index contributed by atoms with van der Waals surface area (Å²) in [7, 11) is 0. The number of nitrogens with zero attached hydrogens (tertiary/aromatic N) is 1. The molecule has 0 heterocycles. The van der Waals surface area contributed by atoms with Crippen molar-refractivity contribution in [3.63, 3.8) is 0 Å². The van der Waals surface area contributed by atoms with E-state index in [1.54, 1.807) is 0 Å². The summed E-state index contributed by atoms with van der Waals surface area (Å²) in [5, 5.41) is 21.7. The predicted molar refractivity (Wildman–Crippen MR) is 71.8 cm³/mol. The van der Waals surface area contributed by atoms with Crippen LogP contribution < -0.4 is 10.6 Å². The number of hydrogen-bond donors (Lipinski definition) is 3. The van der Waals surface area contributed by atoms with E-state index >= 15 is 0 Å². The molecule has 0 spiro atoms. The number of amides is 3. The van der Waals surface area contributed by atoms with Crippen LogP contribution in [0.1, 0.15) is 5.56 Å². The number of imide groups is 1. The zero-order chi connectivity index (χ0) is 15.8. The lowest BCUT2D eigenvalue weighted by Gasteiger charge is -2.08. The van der Waals surface area contributed by atoms with Crippen molar-refractivity contribution < 1.29 is 24.2 Å². The van der Waals surface area contributed by atoms with Crippen molar-refractivity contribution in [3.05, 3.63) is 28.8 Å². The molecule has 0 atom stereocenters. The molecule has 8 nitrogen and oxygen atoms in total. The van der Waals surface area contributed by atoms with Gasteiger partial charge in [-0.2, -0.15) is 5.26 Å². The lowest BCUT2D eigenvalue weighted by atomic mass is 10.2. The lowest BCUT2D eigenvalue weighted by molar-refractivity contribution is -0.143. The van der Waals surface area contributed by atoms with Crippen LogP contribution in [0.15, 0.2) is 18.2 Å². The third-order valence-electron chi connectivity index (χ3n) is 2.06. The van der Waals surface area contributed by atoms with E-state index < -0.39 is 31.1 Å². The van der Waals surface area contributed by atoms with Gasteiger partial charge in [0.15, 0.2) is 0 Å². The Morgan fingerprint density at radius 2 is 2.05 bits per heavy atom. The fourth-order valence-corrected chi connectivity index (χ4v) is 1.44. The van der Waals surface area contributed by atoms with E-state index in [1.165, 1.54) is 18.2 Å².